The van der Waals surface area contributed by atoms with E-state index in [1.165, 1.54) is 17.6 Å². The lowest BCUT2D eigenvalue weighted by Gasteiger charge is -2.09. The number of rotatable bonds is 7. The third-order valence-electron chi connectivity index (χ3n) is 4.31. The van der Waals surface area contributed by atoms with Crippen LogP contribution in [0.5, 0.6) is 5.75 Å². The van der Waals surface area contributed by atoms with E-state index in [0.717, 1.165) is 11.3 Å². The largest absolute Gasteiger partial charge is 0.487 e. The Labute approximate surface area is 182 Å². The Hall–Kier alpha value is -3.91. The molecular formula is C23H19N3O4S. The van der Waals surface area contributed by atoms with Gasteiger partial charge < -0.3 is 19.8 Å². The van der Waals surface area contributed by atoms with Crippen LogP contribution in [-0.4, -0.2) is 16.8 Å². The molecule has 7 nitrogen and oxygen atoms in total. The quantitative estimate of drug-likeness (QED) is 0.422. The molecule has 0 saturated carbocycles. The van der Waals surface area contributed by atoms with Gasteiger partial charge >= 0.3 is 0 Å². The molecule has 156 valence electrons. The first-order valence-electron chi connectivity index (χ1n) is 9.48. The molecule has 1 aromatic carbocycles. The number of benzene rings is 1. The molecule has 0 bridgehead atoms. The summed E-state index contributed by atoms with van der Waals surface area (Å²) < 4.78 is 10.8. The number of carbonyl (C=O) groups excluding carboxylic acids is 2. The maximum Gasteiger partial charge on any atom is 0.291 e. The van der Waals surface area contributed by atoms with E-state index >= 15 is 0 Å². The van der Waals surface area contributed by atoms with Crippen molar-refractivity contribution in [3.63, 3.8) is 0 Å². The number of anilines is 2. The van der Waals surface area contributed by atoms with Crippen molar-refractivity contribution in [1.82, 2.24) is 4.98 Å². The summed E-state index contributed by atoms with van der Waals surface area (Å²) in [5, 5.41) is 6.19. The monoisotopic (exact) mass is 433 g/mol. The highest BCUT2D eigenvalue weighted by Crippen LogP contribution is 2.28. The molecule has 3 aromatic heterocycles. The zero-order chi connectivity index (χ0) is 21.6. The lowest BCUT2D eigenvalue weighted by Crippen LogP contribution is -2.11. The van der Waals surface area contributed by atoms with E-state index in [-0.39, 0.29) is 17.6 Å². The average molecular weight is 433 g/mol. The Morgan fingerprint density at radius 1 is 1.03 bits per heavy atom. The van der Waals surface area contributed by atoms with Crippen molar-refractivity contribution in [3.8, 4) is 5.75 Å². The molecule has 0 aliphatic rings. The number of ether oxygens (including phenoxy) is 1. The highest BCUT2D eigenvalue weighted by Gasteiger charge is 2.17. The molecular weight excluding hydrogens is 414 g/mol. The Balaban J connectivity index is 1.40. The van der Waals surface area contributed by atoms with E-state index in [0.29, 0.717) is 27.9 Å². The number of carbonyl (C=O) groups is 2. The summed E-state index contributed by atoms with van der Waals surface area (Å²) in [5.74, 6) is 0.205. The van der Waals surface area contributed by atoms with Gasteiger partial charge in [0.2, 0.25) is 0 Å². The number of furan rings is 1. The molecule has 0 atom stereocenters. The summed E-state index contributed by atoms with van der Waals surface area (Å²) in [6, 6.07) is 17.8. The van der Waals surface area contributed by atoms with Gasteiger partial charge in [-0.1, -0.05) is 12.1 Å². The van der Waals surface area contributed by atoms with Gasteiger partial charge in [-0.3, -0.25) is 14.6 Å². The standard InChI is InChI=1S/C23H19N3O4S/c1-15-12-20(26-22(27)19-9-5-11-29-19)31-21(15)23(28)25-16-7-4-8-18(13-16)30-14-17-6-2-3-10-24-17/h2-13H,14H2,1H3,(H,25,28)(H,26,27). The molecule has 0 aliphatic carbocycles. The molecule has 0 fully saturated rings. The van der Waals surface area contributed by atoms with Crippen LogP contribution in [0.25, 0.3) is 0 Å². The van der Waals surface area contributed by atoms with Gasteiger partial charge in [0, 0.05) is 18.0 Å². The van der Waals surface area contributed by atoms with Crippen molar-refractivity contribution in [2.75, 3.05) is 10.6 Å². The Kier molecular flexibility index (Phi) is 6.09. The van der Waals surface area contributed by atoms with Crippen LogP contribution >= 0.6 is 11.3 Å². The van der Waals surface area contributed by atoms with E-state index < -0.39 is 0 Å². The molecule has 0 saturated heterocycles. The van der Waals surface area contributed by atoms with Gasteiger partial charge in [-0.15, -0.1) is 11.3 Å². The third-order valence-corrected chi connectivity index (χ3v) is 5.46. The smallest absolute Gasteiger partial charge is 0.291 e. The van der Waals surface area contributed by atoms with Crippen molar-refractivity contribution in [2.24, 2.45) is 0 Å². The number of nitrogens with zero attached hydrogens (tertiary/aromatic N) is 1. The van der Waals surface area contributed by atoms with E-state index in [1.54, 1.807) is 42.6 Å². The first-order valence-corrected chi connectivity index (χ1v) is 10.3. The molecule has 0 radical (unpaired) electrons. The fraction of sp³-hybridized carbons (Fsp3) is 0.0870. The van der Waals surface area contributed by atoms with Gasteiger partial charge in [-0.25, -0.2) is 0 Å². The van der Waals surface area contributed by atoms with Crippen LogP contribution in [0.4, 0.5) is 10.7 Å². The SMILES string of the molecule is Cc1cc(NC(=O)c2ccco2)sc1C(=O)Nc1cccc(OCc2ccccn2)c1. The Bertz CT molecular complexity index is 1190. The molecule has 0 spiro atoms. The van der Waals surface area contributed by atoms with Crippen molar-refractivity contribution >= 4 is 33.8 Å². The Morgan fingerprint density at radius 2 is 1.94 bits per heavy atom. The molecule has 0 aliphatic heterocycles. The minimum absolute atomic E-state index is 0.208. The highest BCUT2D eigenvalue weighted by atomic mass is 32.1. The zero-order valence-electron chi connectivity index (χ0n) is 16.6. The average Bonchev–Trinajstić information content (AvgIpc) is 3.43. The van der Waals surface area contributed by atoms with Crippen LogP contribution < -0.4 is 15.4 Å². The minimum Gasteiger partial charge on any atom is -0.487 e. The number of aryl methyl sites for hydroxylation is 1. The fourth-order valence-electron chi connectivity index (χ4n) is 2.84. The molecule has 2 N–H and O–H groups in total. The van der Waals surface area contributed by atoms with E-state index in [9.17, 15) is 9.59 Å². The van der Waals surface area contributed by atoms with Gasteiger partial charge in [0.25, 0.3) is 11.8 Å². The minimum atomic E-state index is -0.365. The van der Waals surface area contributed by atoms with Crippen molar-refractivity contribution in [1.29, 1.82) is 0 Å². The van der Waals surface area contributed by atoms with Gasteiger partial charge in [0.15, 0.2) is 5.76 Å². The number of hydrogen-bond donors (Lipinski definition) is 2. The molecule has 8 heteroatoms. The summed E-state index contributed by atoms with van der Waals surface area (Å²) in [4.78, 5) is 29.6. The second-order valence-electron chi connectivity index (χ2n) is 6.65. The van der Waals surface area contributed by atoms with Crippen LogP contribution in [0, 0.1) is 6.92 Å². The lowest BCUT2D eigenvalue weighted by molar-refractivity contribution is 0.0995. The molecule has 4 rings (SSSR count). The molecule has 2 amide bonds. The van der Waals surface area contributed by atoms with E-state index in [1.807, 2.05) is 31.2 Å². The number of hydrogen-bond acceptors (Lipinski definition) is 6. The predicted molar refractivity (Wildman–Crippen MR) is 119 cm³/mol. The maximum atomic E-state index is 12.8. The summed E-state index contributed by atoms with van der Waals surface area (Å²) in [6.45, 7) is 2.15. The number of thiophene rings is 1. The number of amides is 2. The normalized spacial score (nSPS) is 10.5. The van der Waals surface area contributed by atoms with Crippen LogP contribution in [0.15, 0.2) is 77.5 Å². The van der Waals surface area contributed by atoms with E-state index in [4.69, 9.17) is 9.15 Å². The fourth-order valence-corrected chi connectivity index (χ4v) is 3.81. The highest BCUT2D eigenvalue weighted by molar-refractivity contribution is 7.18. The van der Waals surface area contributed by atoms with Crippen LogP contribution in [0.1, 0.15) is 31.5 Å². The van der Waals surface area contributed by atoms with Crippen LogP contribution in [0.2, 0.25) is 0 Å². The first-order chi connectivity index (χ1) is 15.1. The van der Waals surface area contributed by atoms with Crippen molar-refractivity contribution in [3.05, 3.63) is 95.0 Å². The summed E-state index contributed by atoms with van der Waals surface area (Å²) in [7, 11) is 0. The summed E-state index contributed by atoms with van der Waals surface area (Å²) in [5.41, 5.74) is 2.19. The zero-order valence-corrected chi connectivity index (χ0v) is 17.4. The van der Waals surface area contributed by atoms with Gasteiger partial charge in [0.05, 0.1) is 21.8 Å². The Morgan fingerprint density at radius 3 is 2.71 bits per heavy atom. The summed E-state index contributed by atoms with van der Waals surface area (Å²) in [6.07, 6.45) is 3.14. The summed E-state index contributed by atoms with van der Waals surface area (Å²) >= 11 is 1.20. The van der Waals surface area contributed by atoms with Crippen molar-refractivity contribution < 1.29 is 18.7 Å². The second-order valence-corrected chi connectivity index (χ2v) is 7.70. The number of pyridine rings is 1. The maximum absolute atomic E-state index is 12.8. The number of nitrogens with one attached hydrogen (secondary N) is 2. The van der Waals surface area contributed by atoms with Gasteiger partial charge in [-0.05, 0) is 55.0 Å². The molecule has 31 heavy (non-hydrogen) atoms. The predicted octanol–water partition coefficient (Wildman–Crippen LogP) is 5.13. The van der Waals surface area contributed by atoms with Crippen molar-refractivity contribution in [2.45, 2.75) is 13.5 Å². The third kappa shape index (κ3) is 5.18. The molecule has 0 unspecified atom stereocenters. The lowest BCUT2D eigenvalue weighted by atomic mass is 10.2. The molecule has 3 heterocycles. The second kappa shape index (κ2) is 9.27. The first kappa shape index (κ1) is 20.4. The topological polar surface area (TPSA) is 93.5 Å². The van der Waals surface area contributed by atoms with Gasteiger partial charge in [-0.2, -0.15) is 0 Å². The molecule has 4 aromatic rings. The number of aromatic nitrogens is 1. The van der Waals surface area contributed by atoms with E-state index in [2.05, 4.69) is 15.6 Å². The van der Waals surface area contributed by atoms with Gasteiger partial charge in [0.1, 0.15) is 12.4 Å². The van der Waals surface area contributed by atoms with Crippen LogP contribution in [-0.2, 0) is 6.61 Å². The van der Waals surface area contributed by atoms with Crippen LogP contribution in [0.3, 0.4) is 0 Å².